The Hall–Kier alpha value is -3.15. The van der Waals surface area contributed by atoms with Crippen molar-refractivity contribution in [3.63, 3.8) is 0 Å². The molecule has 1 aliphatic rings. The Morgan fingerprint density at radius 1 is 1.13 bits per heavy atom. The topological polar surface area (TPSA) is 128 Å². The Bertz CT molecular complexity index is 1090. The Kier molecular flexibility index (Phi) is 5.84. The van der Waals surface area contributed by atoms with E-state index in [4.69, 9.17) is 4.74 Å². The van der Waals surface area contributed by atoms with Gasteiger partial charge in [-0.2, -0.15) is 0 Å². The highest BCUT2D eigenvalue weighted by Gasteiger charge is 2.20. The molecule has 156 valence electrons. The minimum atomic E-state index is -3.66. The lowest BCUT2D eigenvalue weighted by molar-refractivity contribution is 0.102. The molecule has 1 atom stereocenters. The average molecular weight is 428 g/mol. The second kappa shape index (κ2) is 8.69. The fraction of sp³-hybridized carbons (Fsp3) is 0.263. The molecular weight excluding hydrogens is 408 g/mol. The molecule has 1 amide bonds. The summed E-state index contributed by atoms with van der Waals surface area (Å²) in [5, 5.41) is 13.7. The molecule has 2 N–H and O–H groups in total. The largest absolute Gasteiger partial charge is 0.377 e. The molecule has 0 saturated carbocycles. The van der Waals surface area contributed by atoms with Crippen LogP contribution in [0.15, 0.2) is 59.8 Å². The van der Waals surface area contributed by atoms with Gasteiger partial charge in [0.2, 0.25) is 10.0 Å². The number of tetrazole rings is 1. The van der Waals surface area contributed by atoms with Gasteiger partial charge in [0.15, 0.2) is 0 Å². The Labute approximate surface area is 173 Å². The maximum Gasteiger partial charge on any atom is 0.255 e. The monoisotopic (exact) mass is 428 g/mol. The molecule has 2 aromatic carbocycles. The molecule has 2 heterocycles. The number of nitrogens with zero attached hydrogens (tertiary/aromatic N) is 4. The highest BCUT2D eigenvalue weighted by molar-refractivity contribution is 7.89. The van der Waals surface area contributed by atoms with E-state index in [1.165, 1.54) is 35.3 Å². The molecule has 4 rings (SSSR count). The van der Waals surface area contributed by atoms with Crippen LogP contribution in [0.25, 0.3) is 5.69 Å². The van der Waals surface area contributed by atoms with Crippen molar-refractivity contribution in [1.29, 1.82) is 0 Å². The van der Waals surface area contributed by atoms with Gasteiger partial charge >= 0.3 is 0 Å². The summed E-state index contributed by atoms with van der Waals surface area (Å²) in [5.74, 6) is -0.346. The van der Waals surface area contributed by atoms with Gasteiger partial charge in [0, 0.05) is 24.4 Å². The van der Waals surface area contributed by atoms with Crippen LogP contribution in [0.2, 0.25) is 0 Å². The Morgan fingerprint density at radius 3 is 2.53 bits per heavy atom. The molecule has 0 bridgehead atoms. The van der Waals surface area contributed by atoms with Gasteiger partial charge in [-0.1, -0.05) is 0 Å². The van der Waals surface area contributed by atoms with Crippen molar-refractivity contribution in [1.82, 2.24) is 24.9 Å². The van der Waals surface area contributed by atoms with Gasteiger partial charge in [-0.3, -0.25) is 4.79 Å². The summed E-state index contributed by atoms with van der Waals surface area (Å²) in [6, 6.07) is 12.8. The lowest BCUT2D eigenvalue weighted by Crippen LogP contribution is -2.31. The lowest BCUT2D eigenvalue weighted by Gasteiger charge is -2.12. The van der Waals surface area contributed by atoms with Gasteiger partial charge in [0.05, 0.1) is 16.7 Å². The molecule has 10 nitrogen and oxygen atoms in total. The zero-order valence-corrected chi connectivity index (χ0v) is 16.7. The molecule has 0 aliphatic carbocycles. The van der Waals surface area contributed by atoms with Crippen LogP contribution in [0.5, 0.6) is 0 Å². The van der Waals surface area contributed by atoms with Crippen LogP contribution >= 0.6 is 0 Å². The van der Waals surface area contributed by atoms with Gasteiger partial charge < -0.3 is 10.1 Å². The average Bonchev–Trinajstić information content (AvgIpc) is 3.47. The molecule has 1 fully saturated rings. The summed E-state index contributed by atoms with van der Waals surface area (Å²) in [6.07, 6.45) is 3.17. The molecule has 1 aliphatic heterocycles. The van der Waals surface area contributed by atoms with Crippen molar-refractivity contribution in [3.8, 4) is 5.69 Å². The second-order valence-corrected chi connectivity index (χ2v) is 8.53. The van der Waals surface area contributed by atoms with Crippen LogP contribution in [0.1, 0.15) is 23.2 Å². The molecule has 1 unspecified atom stereocenters. The zero-order valence-electron chi connectivity index (χ0n) is 15.9. The molecule has 0 spiro atoms. The summed E-state index contributed by atoms with van der Waals surface area (Å²) in [7, 11) is -3.66. The smallest absolute Gasteiger partial charge is 0.255 e. The van der Waals surface area contributed by atoms with Gasteiger partial charge in [-0.15, -0.1) is 5.10 Å². The number of aromatic nitrogens is 4. The summed E-state index contributed by atoms with van der Waals surface area (Å²) < 4.78 is 34.3. The van der Waals surface area contributed by atoms with Gasteiger partial charge in [-0.25, -0.2) is 17.8 Å². The predicted octanol–water partition coefficient (Wildman–Crippen LogP) is 1.37. The maximum atomic E-state index is 12.5. The quantitative estimate of drug-likeness (QED) is 0.582. The van der Waals surface area contributed by atoms with E-state index in [1.807, 2.05) is 0 Å². The summed E-state index contributed by atoms with van der Waals surface area (Å²) in [6.45, 7) is 0.905. The van der Waals surface area contributed by atoms with E-state index >= 15 is 0 Å². The third-order valence-electron chi connectivity index (χ3n) is 4.69. The van der Waals surface area contributed by atoms with Crippen molar-refractivity contribution in [2.45, 2.75) is 23.8 Å². The van der Waals surface area contributed by atoms with E-state index < -0.39 is 10.0 Å². The highest BCUT2D eigenvalue weighted by Crippen LogP contribution is 2.16. The van der Waals surface area contributed by atoms with E-state index in [9.17, 15) is 13.2 Å². The number of hydrogen-bond acceptors (Lipinski definition) is 7. The Balaban J connectivity index is 1.37. The van der Waals surface area contributed by atoms with E-state index in [2.05, 4.69) is 25.6 Å². The van der Waals surface area contributed by atoms with Crippen molar-refractivity contribution in [2.24, 2.45) is 0 Å². The van der Waals surface area contributed by atoms with Gasteiger partial charge in [0.1, 0.15) is 6.33 Å². The van der Waals surface area contributed by atoms with Crippen LogP contribution in [-0.4, -0.2) is 53.8 Å². The number of anilines is 1. The number of nitrogens with one attached hydrogen (secondary N) is 2. The zero-order chi connectivity index (χ0) is 21.0. The van der Waals surface area contributed by atoms with Crippen LogP contribution in [-0.2, 0) is 14.8 Å². The van der Waals surface area contributed by atoms with Crippen molar-refractivity contribution in [2.75, 3.05) is 18.5 Å². The first-order chi connectivity index (χ1) is 14.5. The van der Waals surface area contributed by atoms with Crippen LogP contribution in [0, 0.1) is 0 Å². The van der Waals surface area contributed by atoms with Crippen molar-refractivity contribution in [3.05, 3.63) is 60.4 Å². The highest BCUT2D eigenvalue weighted by atomic mass is 32.2. The molecule has 3 aromatic rings. The second-order valence-electron chi connectivity index (χ2n) is 6.77. The molecule has 30 heavy (non-hydrogen) atoms. The number of carbonyl (C=O) groups is 1. The van der Waals surface area contributed by atoms with Crippen LogP contribution in [0.3, 0.4) is 0 Å². The summed E-state index contributed by atoms with van der Waals surface area (Å²) in [4.78, 5) is 12.6. The van der Waals surface area contributed by atoms with E-state index in [-0.39, 0.29) is 23.5 Å². The third-order valence-corrected chi connectivity index (χ3v) is 6.13. The van der Waals surface area contributed by atoms with E-state index in [0.29, 0.717) is 17.9 Å². The normalized spacial score (nSPS) is 16.5. The molecule has 0 radical (unpaired) electrons. The minimum Gasteiger partial charge on any atom is -0.377 e. The first-order valence-corrected chi connectivity index (χ1v) is 10.9. The minimum absolute atomic E-state index is 0.0861. The number of hydrogen-bond donors (Lipinski definition) is 2. The molecule has 1 aromatic heterocycles. The first-order valence-electron chi connectivity index (χ1n) is 9.37. The number of rotatable bonds is 7. The van der Waals surface area contributed by atoms with E-state index in [0.717, 1.165) is 18.5 Å². The SMILES string of the molecule is O=C(Nc1ccc(-n2cnnn2)cc1)c1ccc(S(=O)(=O)NCC2CCCO2)cc1. The van der Waals surface area contributed by atoms with Crippen molar-refractivity contribution < 1.29 is 17.9 Å². The molecule has 1 saturated heterocycles. The Morgan fingerprint density at radius 2 is 1.90 bits per heavy atom. The fourth-order valence-electron chi connectivity index (χ4n) is 3.06. The lowest BCUT2D eigenvalue weighted by atomic mass is 10.2. The standard InChI is InChI=1S/C19H20N6O4S/c26-19(22-15-5-7-16(8-6-15)25-13-20-23-24-25)14-3-9-18(10-4-14)30(27,28)21-12-17-2-1-11-29-17/h3-10,13,17,21H,1-2,11-12H2,(H,22,26). The van der Waals surface area contributed by atoms with E-state index in [1.54, 1.807) is 24.3 Å². The summed E-state index contributed by atoms with van der Waals surface area (Å²) >= 11 is 0. The number of carbonyl (C=O) groups excluding carboxylic acids is 1. The fourth-order valence-corrected chi connectivity index (χ4v) is 4.12. The number of amides is 1. The number of benzene rings is 2. The van der Waals surface area contributed by atoms with Crippen LogP contribution < -0.4 is 10.0 Å². The number of ether oxygens (including phenoxy) is 1. The maximum absolute atomic E-state index is 12.5. The first kappa shape index (κ1) is 20.1. The summed E-state index contributed by atoms with van der Waals surface area (Å²) in [5.41, 5.74) is 1.69. The molecule has 11 heteroatoms. The van der Waals surface area contributed by atoms with Crippen molar-refractivity contribution >= 4 is 21.6 Å². The van der Waals surface area contributed by atoms with Crippen LogP contribution in [0.4, 0.5) is 5.69 Å². The van der Waals surface area contributed by atoms with Gasteiger partial charge in [-0.05, 0) is 71.8 Å². The van der Waals surface area contributed by atoms with Gasteiger partial charge in [0.25, 0.3) is 5.91 Å². The third kappa shape index (κ3) is 4.70. The number of sulfonamides is 1. The predicted molar refractivity (Wildman–Crippen MR) is 108 cm³/mol. The molecular formula is C19H20N6O4S.